The first-order valence-corrected chi connectivity index (χ1v) is 10.9. The number of hydrogen-bond donors (Lipinski definition) is 1. The van der Waals surface area contributed by atoms with Gasteiger partial charge in [0.1, 0.15) is 32.0 Å². The number of fused-ring (bicyclic) bond motifs is 1. The van der Waals surface area contributed by atoms with Crippen molar-refractivity contribution in [1.82, 2.24) is 0 Å². The van der Waals surface area contributed by atoms with Crippen LogP contribution in [0.2, 0.25) is 0 Å². The lowest BCUT2D eigenvalue weighted by atomic mass is 9.97. The summed E-state index contributed by atoms with van der Waals surface area (Å²) in [6.45, 7) is 5.17. The predicted octanol–water partition coefficient (Wildman–Crippen LogP) is 3.10. The number of morpholine rings is 1. The minimum atomic E-state index is -0.385. The monoisotopic (exact) mass is 437 g/mol. The number of quaternary nitrogens is 1. The van der Waals surface area contributed by atoms with Crippen molar-refractivity contribution in [2.45, 2.75) is 6.92 Å². The molecule has 0 atom stereocenters. The van der Waals surface area contributed by atoms with Crippen LogP contribution >= 0.6 is 0 Å². The summed E-state index contributed by atoms with van der Waals surface area (Å²) in [7, 11) is 1.68. The molecule has 1 fully saturated rings. The van der Waals surface area contributed by atoms with E-state index < -0.39 is 0 Å². The number of hydroxylamine groups is 3. The fourth-order valence-electron chi connectivity index (χ4n) is 4.19. The summed E-state index contributed by atoms with van der Waals surface area (Å²) in [4.78, 5) is 17.3. The minimum Gasteiger partial charge on any atom is -0.488 e. The Morgan fingerprint density at radius 3 is 2.56 bits per heavy atom. The molecule has 1 saturated heterocycles. The van der Waals surface area contributed by atoms with E-state index in [9.17, 15) is 10.0 Å². The van der Waals surface area contributed by atoms with E-state index in [1.165, 1.54) is 0 Å². The van der Waals surface area contributed by atoms with Crippen molar-refractivity contribution in [3.05, 3.63) is 70.8 Å². The van der Waals surface area contributed by atoms with E-state index in [0.717, 1.165) is 22.3 Å². The summed E-state index contributed by atoms with van der Waals surface area (Å²) in [6.07, 6.45) is 0. The topological polar surface area (TPSA) is 77.4 Å². The summed E-state index contributed by atoms with van der Waals surface area (Å²) in [6, 6.07) is 15.6. The molecule has 168 valence electrons. The zero-order chi connectivity index (χ0) is 22.6. The molecule has 32 heavy (non-hydrogen) atoms. The van der Waals surface area contributed by atoms with Crippen LogP contribution in [0.5, 0.6) is 5.75 Å². The van der Waals surface area contributed by atoms with Crippen LogP contribution in [0.4, 0.5) is 0 Å². The molecule has 0 unspecified atom stereocenters. The fourth-order valence-corrected chi connectivity index (χ4v) is 4.19. The van der Waals surface area contributed by atoms with Crippen molar-refractivity contribution in [2.75, 3.05) is 53.1 Å². The Balaban J connectivity index is 1.62. The third-order valence-electron chi connectivity index (χ3n) is 5.85. The van der Waals surface area contributed by atoms with Crippen LogP contribution in [0, 0.1) is 0 Å². The SMILES string of the molecule is CCOC(=O)C1=C(c2ccccc2)c2ccc(OCC[N+]3(O)CCOCC3)cc2/C1=N\C. The Morgan fingerprint density at radius 1 is 1.12 bits per heavy atom. The van der Waals surface area contributed by atoms with Gasteiger partial charge >= 0.3 is 5.97 Å². The number of benzene rings is 2. The van der Waals surface area contributed by atoms with Crippen LogP contribution in [0.3, 0.4) is 0 Å². The van der Waals surface area contributed by atoms with E-state index in [-0.39, 0.29) is 17.2 Å². The van der Waals surface area contributed by atoms with E-state index in [1.807, 2.05) is 48.5 Å². The first-order valence-electron chi connectivity index (χ1n) is 10.9. The Morgan fingerprint density at radius 2 is 1.88 bits per heavy atom. The van der Waals surface area contributed by atoms with E-state index in [2.05, 4.69) is 4.99 Å². The quantitative estimate of drug-likeness (QED) is 0.532. The maximum atomic E-state index is 12.9. The lowest BCUT2D eigenvalue weighted by Crippen LogP contribution is -2.54. The molecule has 0 amide bonds. The second kappa shape index (κ2) is 9.65. The number of rotatable bonds is 7. The molecule has 1 aliphatic carbocycles. The fraction of sp³-hybridized carbons (Fsp3) is 0.360. The van der Waals surface area contributed by atoms with Crippen LogP contribution in [-0.2, 0) is 14.3 Å². The van der Waals surface area contributed by atoms with Gasteiger partial charge in [-0.1, -0.05) is 30.3 Å². The molecule has 7 heteroatoms. The molecule has 0 aromatic heterocycles. The largest absolute Gasteiger partial charge is 0.488 e. The van der Waals surface area contributed by atoms with E-state index in [1.54, 1.807) is 14.0 Å². The van der Waals surface area contributed by atoms with Crippen LogP contribution in [0.1, 0.15) is 23.6 Å². The summed E-state index contributed by atoms with van der Waals surface area (Å²) in [5.74, 6) is 0.284. The summed E-state index contributed by atoms with van der Waals surface area (Å²) >= 11 is 0. The van der Waals surface area contributed by atoms with E-state index in [4.69, 9.17) is 14.2 Å². The zero-order valence-corrected chi connectivity index (χ0v) is 18.5. The normalized spacial score (nSPS) is 18.5. The number of aliphatic imine (C=N–C) groups is 1. The van der Waals surface area contributed by atoms with Gasteiger partial charge in [-0.15, -0.1) is 0 Å². The molecule has 2 aromatic carbocycles. The summed E-state index contributed by atoms with van der Waals surface area (Å²) < 4.78 is 16.6. The number of carbonyl (C=O) groups is 1. The van der Waals surface area contributed by atoms with Crippen molar-refractivity contribution in [2.24, 2.45) is 4.99 Å². The average Bonchev–Trinajstić information content (AvgIpc) is 3.14. The highest BCUT2D eigenvalue weighted by Gasteiger charge is 2.34. The molecule has 0 spiro atoms. The smallest absolute Gasteiger partial charge is 0.340 e. The van der Waals surface area contributed by atoms with Gasteiger partial charge in [0.05, 0.1) is 31.1 Å². The van der Waals surface area contributed by atoms with Gasteiger partial charge in [0, 0.05) is 18.2 Å². The van der Waals surface area contributed by atoms with Gasteiger partial charge in [0.25, 0.3) is 0 Å². The highest BCUT2D eigenvalue weighted by atomic mass is 16.6. The van der Waals surface area contributed by atoms with Gasteiger partial charge in [-0.25, -0.2) is 10.0 Å². The zero-order valence-electron chi connectivity index (χ0n) is 18.5. The number of nitrogens with zero attached hydrogens (tertiary/aromatic N) is 2. The number of esters is 1. The number of carbonyl (C=O) groups excluding carboxylic acids is 1. The summed E-state index contributed by atoms with van der Waals surface area (Å²) in [5, 5.41) is 10.6. The van der Waals surface area contributed by atoms with Crippen molar-refractivity contribution in [3.8, 4) is 5.75 Å². The molecule has 1 heterocycles. The van der Waals surface area contributed by atoms with Crippen molar-refractivity contribution < 1.29 is 28.9 Å². The van der Waals surface area contributed by atoms with Gasteiger partial charge < -0.3 is 14.2 Å². The molecule has 1 N–H and O–H groups in total. The Kier molecular flexibility index (Phi) is 6.69. The second-order valence-corrected chi connectivity index (χ2v) is 7.84. The van der Waals surface area contributed by atoms with Crippen molar-refractivity contribution in [1.29, 1.82) is 0 Å². The first-order chi connectivity index (χ1) is 15.6. The third kappa shape index (κ3) is 4.46. The highest BCUT2D eigenvalue weighted by molar-refractivity contribution is 6.37. The van der Waals surface area contributed by atoms with Crippen LogP contribution in [0.15, 0.2) is 59.1 Å². The Bertz CT molecular complexity index is 1040. The standard InChI is InChI=1S/C25H29N2O5/c1-3-31-25(28)23-22(18-7-5-4-6-8-18)20-10-9-19(17-21(20)24(23)26-2)32-16-13-27(29)11-14-30-15-12-27/h4-10,17,29H,3,11-16H2,1-2H3/q+1/b26-24+. The second-order valence-electron chi connectivity index (χ2n) is 7.84. The van der Waals surface area contributed by atoms with Crippen LogP contribution < -0.4 is 4.74 Å². The highest BCUT2D eigenvalue weighted by Crippen LogP contribution is 2.40. The molecule has 2 aromatic rings. The molecule has 2 aliphatic rings. The van der Waals surface area contributed by atoms with Gasteiger partial charge in [0.2, 0.25) is 0 Å². The predicted molar refractivity (Wildman–Crippen MR) is 121 cm³/mol. The van der Waals surface area contributed by atoms with Crippen molar-refractivity contribution in [3.63, 3.8) is 0 Å². The maximum Gasteiger partial charge on any atom is 0.340 e. The molecule has 0 bridgehead atoms. The lowest BCUT2D eigenvalue weighted by molar-refractivity contribution is -1.11. The van der Waals surface area contributed by atoms with Crippen LogP contribution in [-0.4, -0.2) is 74.6 Å². The van der Waals surface area contributed by atoms with E-state index in [0.29, 0.717) is 56.5 Å². The van der Waals surface area contributed by atoms with Gasteiger partial charge in [-0.05, 0) is 36.2 Å². The molecular weight excluding hydrogens is 408 g/mol. The number of ether oxygens (including phenoxy) is 3. The Labute approximate surface area is 188 Å². The molecule has 1 aliphatic heterocycles. The molecule has 4 rings (SSSR count). The molecule has 0 saturated carbocycles. The van der Waals surface area contributed by atoms with Gasteiger partial charge in [-0.2, -0.15) is 4.65 Å². The number of hydrogen-bond acceptors (Lipinski definition) is 6. The lowest BCUT2D eigenvalue weighted by Gasteiger charge is -2.33. The molecular formula is C25H29N2O5+. The molecule has 7 nitrogen and oxygen atoms in total. The first kappa shape index (κ1) is 22.2. The third-order valence-corrected chi connectivity index (χ3v) is 5.85. The Hall–Kier alpha value is -3.00. The van der Waals surface area contributed by atoms with E-state index >= 15 is 0 Å². The maximum absolute atomic E-state index is 12.9. The van der Waals surface area contributed by atoms with Gasteiger partial charge in [-0.3, -0.25) is 4.99 Å². The minimum absolute atomic E-state index is 0.0423. The van der Waals surface area contributed by atoms with Crippen molar-refractivity contribution >= 4 is 17.3 Å². The average molecular weight is 438 g/mol. The summed E-state index contributed by atoms with van der Waals surface area (Å²) in [5.41, 5.74) is 4.59. The van der Waals surface area contributed by atoms with Crippen LogP contribution in [0.25, 0.3) is 5.57 Å². The molecule has 0 radical (unpaired) electrons. The van der Waals surface area contributed by atoms with Gasteiger partial charge in [0.15, 0.2) is 0 Å².